The first-order valence-corrected chi connectivity index (χ1v) is 7.73. The molecular weight excluding hydrogens is 304 g/mol. The van der Waals surface area contributed by atoms with E-state index in [0.29, 0.717) is 40.0 Å². The molecule has 10 heteroatoms. The normalized spacial score (nSPS) is 10.5. The second-order valence-electron chi connectivity index (χ2n) is 3.26. The van der Waals surface area contributed by atoms with Crippen LogP contribution in [0.1, 0.15) is 0 Å². The first kappa shape index (κ1) is 22.4. The van der Waals surface area contributed by atoms with Crippen molar-refractivity contribution in [1.82, 2.24) is 0 Å². The molecule has 0 saturated heterocycles. The van der Waals surface area contributed by atoms with E-state index >= 15 is 0 Å². The van der Waals surface area contributed by atoms with Gasteiger partial charge in [0.05, 0.1) is 26.4 Å². The number of hydrogen-bond donors (Lipinski definition) is 0. The lowest BCUT2D eigenvalue weighted by Crippen LogP contribution is -2.10. The molecule has 0 saturated carbocycles. The summed E-state index contributed by atoms with van der Waals surface area (Å²) in [6, 6.07) is 0. The largest absolute Gasteiger partial charge is 0.406 e. The number of rotatable bonds is 14. The van der Waals surface area contributed by atoms with Gasteiger partial charge in [0.1, 0.15) is 48.1 Å². The Morgan fingerprint density at radius 1 is 0.550 bits per heavy atom. The van der Waals surface area contributed by atoms with Crippen molar-refractivity contribution in [3.63, 3.8) is 0 Å². The number of ether oxygens (including phenoxy) is 6. The molecule has 0 atom stereocenters. The summed E-state index contributed by atoms with van der Waals surface area (Å²) >= 11 is 0. The third kappa shape index (κ3) is 26.6. The fraction of sp³-hybridized carbons (Fsp3) is 1.00. The Morgan fingerprint density at radius 3 is 1.30 bits per heavy atom. The summed E-state index contributed by atoms with van der Waals surface area (Å²) in [5, 5.41) is 0. The van der Waals surface area contributed by atoms with Crippen LogP contribution >= 0.6 is 0 Å². The summed E-state index contributed by atoms with van der Waals surface area (Å²) in [5.74, 6) is 0. The van der Waals surface area contributed by atoms with Crippen molar-refractivity contribution >= 4 is 21.0 Å². The minimum Gasteiger partial charge on any atom is -0.406 e. The van der Waals surface area contributed by atoms with Gasteiger partial charge >= 0.3 is 0 Å². The lowest BCUT2D eigenvalue weighted by Gasteiger charge is -2.05. The van der Waals surface area contributed by atoms with Crippen LogP contribution in [0.25, 0.3) is 0 Å². The van der Waals surface area contributed by atoms with E-state index < -0.39 is 0 Å². The molecule has 0 aliphatic rings. The SMILES string of the molecule is COCCOCOCOCCOC.[SiH3]OCOCO[SiH3]. The van der Waals surface area contributed by atoms with Gasteiger partial charge in [0.25, 0.3) is 0 Å². The van der Waals surface area contributed by atoms with Gasteiger partial charge in [-0.15, -0.1) is 0 Å². The molecule has 0 N–H and O–H groups in total. The molecule has 0 unspecified atom stereocenters. The van der Waals surface area contributed by atoms with Crippen LogP contribution in [-0.4, -0.2) is 88.8 Å². The van der Waals surface area contributed by atoms with Crippen molar-refractivity contribution in [1.29, 1.82) is 0 Å². The zero-order valence-electron chi connectivity index (χ0n) is 12.9. The summed E-state index contributed by atoms with van der Waals surface area (Å²) in [5.41, 5.74) is 0. The standard InChI is InChI=1S/C8H18O5.C2H10O3Si2/c1-9-3-5-11-7-13-8-12-6-4-10-2;6-4-1-3-2-5-7/h3-8H2,1-2H3;1-2H2,6-7H3. The van der Waals surface area contributed by atoms with E-state index in [1.807, 2.05) is 0 Å². The second kappa shape index (κ2) is 24.2. The summed E-state index contributed by atoms with van der Waals surface area (Å²) in [6.45, 7) is 3.46. The minimum atomic E-state index is 0.232. The molecule has 0 aromatic heterocycles. The van der Waals surface area contributed by atoms with Crippen LogP contribution in [0.15, 0.2) is 0 Å². The highest BCUT2D eigenvalue weighted by molar-refractivity contribution is 5.98. The second-order valence-corrected chi connectivity index (χ2v) is 4.41. The Labute approximate surface area is 127 Å². The van der Waals surface area contributed by atoms with E-state index in [2.05, 4.69) is 0 Å². The van der Waals surface area contributed by atoms with Crippen molar-refractivity contribution in [3.8, 4) is 0 Å². The quantitative estimate of drug-likeness (QED) is 0.201. The number of hydrogen-bond acceptors (Lipinski definition) is 8. The predicted octanol–water partition coefficient (Wildman–Crippen LogP) is -2.24. The van der Waals surface area contributed by atoms with Gasteiger partial charge in [0.15, 0.2) is 0 Å². The van der Waals surface area contributed by atoms with Crippen molar-refractivity contribution in [3.05, 3.63) is 0 Å². The lowest BCUT2D eigenvalue weighted by molar-refractivity contribution is -0.139. The third-order valence-electron chi connectivity index (χ3n) is 1.60. The van der Waals surface area contributed by atoms with E-state index in [9.17, 15) is 0 Å². The van der Waals surface area contributed by atoms with Crippen LogP contribution in [0.4, 0.5) is 0 Å². The first-order chi connectivity index (χ1) is 9.83. The van der Waals surface area contributed by atoms with Crippen molar-refractivity contribution in [2.24, 2.45) is 0 Å². The van der Waals surface area contributed by atoms with Gasteiger partial charge in [-0.2, -0.15) is 0 Å². The van der Waals surface area contributed by atoms with Gasteiger partial charge in [-0.1, -0.05) is 0 Å². The molecule has 0 aromatic carbocycles. The molecule has 0 aromatic rings. The van der Waals surface area contributed by atoms with E-state index in [0.717, 1.165) is 21.0 Å². The van der Waals surface area contributed by atoms with Crippen LogP contribution < -0.4 is 0 Å². The molecule has 0 bridgehead atoms. The average molecular weight is 332 g/mol. The topological polar surface area (TPSA) is 73.8 Å². The molecule has 0 aliphatic carbocycles. The van der Waals surface area contributed by atoms with E-state index in [4.69, 9.17) is 37.3 Å². The molecule has 8 nitrogen and oxygen atoms in total. The Kier molecular flexibility index (Phi) is 27.0. The third-order valence-corrected chi connectivity index (χ3v) is 2.07. The molecule has 0 aliphatic heterocycles. The summed E-state index contributed by atoms with van der Waals surface area (Å²) in [4.78, 5) is 0. The Bertz CT molecular complexity index is 141. The Balaban J connectivity index is 0. The molecule has 0 heterocycles. The van der Waals surface area contributed by atoms with Gasteiger partial charge in [0, 0.05) is 14.2 Å². The maximum absolute atomic E-state index is 5.02. The van der Waals surface area contributed by atoms with Gasteiger partial charge in [-0.3, -0.25) is 0 Å². The molecule has 0 rings (SSSR count). The van der Waals surface area contributed by atoms with Crippen molar-refractivity contribution < 1.29 is 37.3 Å². The highest BCUT2D eigenvalue weighted by Gasteiger charge is 1.89. The zero-order valence-corrected chi connectivity index (χ0v) is 16.9. The maximum atomic E-state index is 5.02. The minimum absolute atomic E-state index is 0.232. The Morgan fingerprint density at radius 2 is 0.950 bits per heavy atom. The van der Waals surface area contributed by atoms with Crippen LogP contribution in [-0.2, 0) is 37.3 Å². The molecule has 0 radical (unpaired) electrons. The fourth-order valence-corrected chi connectivity index (χ4v) is 1.09. The predicted molar refractivity (Wildman–Crippen MR) is 79.3 cm³/mol. The first-order valence-electron chi connectivity index (χ1n) is 6.10. The van der Waals surface area contributed by atoms with Gasteiger partial charge in [0.2, 0.25) is 0 Å². The van der Waals surface area contributed by atoms with Crippen LogP contribution in [0, 0.1) is 0 Å². The van der Waals surface area contributed by atoms with Crippen LogP contribution in [0.5, 0.6) is 0 Å². The van der Waals surface area contributed by atoms with Gasteiger partial charge in [-0.05, 0) is 0 Å². The lowest BCUT2D eigenvalue weighted by atomic mass is 10.8. The van der Waals surface area contributed by atoms with Gasteiger partial charge < -0.3 is 37.3 Å². The van der Waals surface area contributed by atoms with Crippen molar-refractivity contribution in [2.45, 2.75) is 0 Å². The monoisotopic (exact) mass is 332 g/mol. The van der Waals surface area contributed by atoms with E-state index in [1.54, 1.807) is 14.2 Å². The summed E-state index contributed by atoms with van der Waals surface area (Å²) in [7, 11) is 4.72. The smallest absolute Gasteiger partial charge is 0.149 e. The molecular formula is C10H28O8Si2. The van der Waals surface area contributed by atoms with Gasteiger partial charge in [-0.25, -0.2) is 0 Å². The van der Waals surface area contributed by atoms with E-state index in [1.165, 1.54) is 0 Å². The summed E-state index contributed by atoms with van der Waals surface area (Å²) in [6.07, 6.45) is 0. The highest BCUT2D eigenvalue weighted by Crippen LogP contribution is 1.81. The van der Waals surface area contributed by atoms with Crippen LogP contribution in [0.2, 0.25) is 0 Å². The zero-order chi connectivity index (χ0) is 15.3. The van der Waals surface area contributed by atoms with E-state index in [-0.39, 0.29) is 13.6 Å². The molecule has 124 valence electrons. The average Bonchev–Trinajstić information content (AvgIpc) is 2.47. The fourth-order valence-electron chi connectivity index (χ4n) is 0.755. The van der Waals surface area contributed by atoms with Crippen molar-refractivity contribution in [2.75, 3.05) is 67.8 Å². The highest BCUT2D eigenvalue weighted by atomic mass is 28.2. The summed E-state index contributed by atoms with van der Waals surface area (Å²) < 4.78 is 38.7. The Hall–Kier alpha value is 0.114. The maximum Gasteiger partial charge on any atom is 0.149 e. The molecule has 20 heavy (non-hydrogen) atoms. The van der Waals surface area contributed by atoms with Crippen LogP contribution in [0.3, 0.4) is 0 Å². The molecule has 0 spiro atoms. The molecule has 0 amide bonds. The number of methoxy groups -OCH3 is 2. The molecule has 0 fully saturated rings.